The fraction of sp³-hybridized carbons (Fsp3) is 0.615. The van der Waals surface area contributed by atoms with E-state index in [0.29, 0.717) is 0 Å². The van der Waals surface area contributed by atoms with Crippen molar-refractivity contribution < 1.29 is 19.1 Å². The molecule has 2 amide bonds. The molecule has 2 fully saturated rings. The van der Waals surface area contributed by atoms with Crippen LogP contribution < -0.4 is 0 Å². The van der Waals surface area contributed by atoms with Crippen molar-refractivity contribution in [3.63, 3.8) is 0 Å². The van der Waals surface area contributed by atoms with Crippen molar-refractivity contribution in [3.05, 3.63) is 12.2 Å². The van der Waals surface area contributed by atoms with E-state index < -0.39 is 29.4 Å². The Hall–Kier alpha value is -1.65. The molecular formula is C13H15NO4. The summed E-state index contributed by atoms with van der Waals surface area (Å²) in [6.45, 7) is 5.45. The van der Waals surface area contributed by atoms with Gasteiger partial charge in [-0.2, -0.15) is 0 Å². The quantitative estimate of drug-likeness (QED) is 0.356. The molecule has 0 spiro atoms. The molecule has 0 radical (unpaired) electrons. The second-order valence-electron chi connectivity index (χ2n) is 6.05. The number of amides is 2. The van der Waals surface area contributed by atoms with Crippen molar-refractivity contribution in [1.82, 2.24) is 4.90 Å². The molecule has 0 aromatic heterocycles. The lowest BCUT2D eigenvalue weighted by atomic mass is 9.73. The first kappa shape index (κ1) is 11.4. The Morgan fingerprint density at radius 3 is 2.22 bits per heavy atom. The second kappa shape index (κ2) is 3.22. The Morgan fingerprint density at radius 2 is 1.67 bits per heavy atom. The van der Waals surface area contributed by atoms with E-state index in [1.807, 2.05) is 20.8 Å². The Kier molecular flexibility index (Phi) is 2.04. The minimum Gasteiger partial charge on any atom is -0.457 e. The maximum atomic E-state index is 12.4. The molecule has 4 rings (SSSR count). The van der Waals surface area contributed by atoms with Crippen LogP contribution in [0.4, 0.5) is 0 Å². The monoisotopic (exact) mass is 249 g/mol. The highest BCUT2D eigenvalue weighted by Crippen LogP contribution is 2.46. The average molecular weight is 249 g/mol. The molecule has 0 saturated carbocycles. The topological polar surface area (TPSA) is 63.7 Å². The number of esters is 1. The van der Waals surface area contributed by atoms with Crippen LogP contribution in [0.5, 0.6) is 0 Å². The zero-order chi connectivity index (χ0) is 13.2. The lowest BCUT2D eigenvalue weighted by Gasteiger charge is -2.36. The van der Waals surface area contributed by atoms with Crippen molar-refractivity contribution in [2.45, 2.75) is 32.4 Å². The molecule has 0 unspecified atom stereocenters. The van der Waals surface area contributed by atoms with Crippen LogP contribution in [-0.2, 0) is 19.1 Å². The zero-order valence-electron chi connectivity index (χ0n) is 10.5. The first-order valence-electron chi connectivity index (χ1n) is 6.09. The normalized spacial score (nSPS) is 38.2. The Bertz CT molecular complexity index is 488. The second-order valence-corrected chi connectivity index (χ2v) is 6.05. The first-order chi connectivity index (χ1) is 8.32. The molecule has 18 heavy (non-hydrogen) atoms. The van der Waals surface area contributed by atoms with Gasteiger partial charge in [-0.25, -0.2) is 0 Å². The molecule has 5 heteroatoms. The number of carbonyl (C=O) groups excluding carboxylic acids is 3. The molecule has 3 heterocycles. The molecule has 4 atom stereocenters. The lowest BCUT2D eigenvalue weighted by Crippen LogP contribution is -2.48. The number of nitrogens with zero attached hydrogens (tertiary/aromatic N) is 1. The maximum absolute atomic E-state index is 12.4. The summed E-state index contributed by atoms with van der Waals surface area (Å²) in [7, 11) is 0. The molecule has 2 bridgehead atoms. The number of ether oxygens (including phenoxy) is 1. The van der Waals surface area contributed by atoms with E-state index in [1.54, 1.807) is 12.2 Å². The standard InChI is InChI=1S/C13H15NO4/c1-13(2,3)14-10(15)8-6-4-5-7(18-12(6)17)9(8)11(14)16/h4-9H,1-3H3/t6-,7+,8+,9-/m1/s1. The summed E-state index contributed by atoms with van der Waals surface area (Å²) in [5.41, 5.74) is -0.562. The van der Waals surface area contributed by atoms with Crippen molar-refractivity contribution in [1.29, 1.82) is 0 Å². The summed E-state index contributed by atoms with van der Waals surface area (Å²) in [5.74, 6) is -2.53. The minimum atomic E-state index is -0.594. The molecular weight excluding hydrogens is 234 g/mol. The largest absolute Gasteiger partial charge is 0.457 e. The van der Waals surface area contributed by atoms with Crippen LogP contribution in [0.3, 0.4) is 0 Å². The summed E-state index contributed by atoms with van der Waals surface area (Å²) in [5, 5.41) is 0. The van der Waals surface area contributed by atoms with Gasteiger partial charge in [-0.1, -0.05) is 6.08 Å². The molecule has 4 aliphatic rings. The predicted octanol–water partition coefficient (Wildman–Crippen LogP) is 0.497. The summed E-state index contributed by atoms with van der Waals surface area (Å²) < 4.78 is 5.15. The number of likely N-dealkylation sites (tertiary alicyclic amines) is 1. The molecule has 3 aliphatic heterocycles. The van der Waals surface area contributed by atoms with E-state index in [0.717, 1.165) is 0 Å². The van der Waals surface area contributed by atoms with Gasteiger partial charge in [-0.15, -0.1) is 0 Å². The molecule has 5 nitrogen and oxygen atoms in total. The van der Waals surface area contributed by atoms with Crippen LogP contribution in [0.2, 0.25) is 0 Å². The number of hydrogen-bond acceptors (Lipinski definition) is 4. The lowest BCUT2D eigenvalue weighted by molar-refractivity contribution is -0.168. The van der Waals surface area contributed by atoms with Crippen molar-refractivity contribution in [2.24, 2.45) is 17.8 Å². The molecule has 0 aromatic rings. The van der Waals surface area contributed by atoms with E-state index in [1.165, 1.54) is 4.90 Å². The third-order valence-corrected chi connectivity index (χ3v) is 3.84. The van der Waals surface area contributed by atoms with Crippen molar-refractivity contribution in [3.8, 4) is 0 Å². The highest BCUT2D eigenvalue weighted by Gasteiger charge is 2.62. The van der Waals surface area contributed by atoms with Gasteiger partial charge in [-0.05, 0) is 26.8 Å². The minimum absolute atomic E-state index is 0.218. The number of imide groups is 1. The highest BCUT2D eigenvalue weighted by molar-refractivity contribution is 6.09. The third kappa shape index (κ3) is 1.24. The Morgan fingerprint density at radius 1 is 1.06 bits per heavy atom. The van der Waals surface area contributed by atoms with Gasteiger partial charge in [0.05, 0.1) is 17.8 Å². The molecule has 96 valence electrons. The van der Waals surface area contributed by atoms with Gasteiger partial charge in [0, 0.05) is 5.54 Å². The number of rotatable bonds is 0. The summed E-state index contributed by atoms with van der Waals surface area (Å²) in [4.78, 5) is 37.7. The van der Waals surface area contributed by atoms with Gasteiger partial charge >= 0.3 is 5.97 Å². The SMILES string of the molecule is CC(C)(C)N1C(=O)[C@@H]2[C@H](C1=O)[C@@H]1C=C[C@H]2C(=O)O1. The predicted molar refractivity (Wildman–Crippen MR) is 61.1 cm³/mol. The van der Waals surface area contributed by atoms with Gasteiger partial charge in [0.2, 0.25) is 11.8 Å². The van der Waals surface area contributed by atoms with E-state index in [9.17, 15) is 14.4 Å². The fourth-order valence-corrected chi connectivity index (χ4v) is 3.12. The molecule has 2 saturated heterocycles. The van der Waals surface area contributed by atoms with E-state index in [2.05, 4.69) is 0 Å². The van der Waals surface area contributed by atoms with Crippen molar-refractivity contribution in [2.75, 3.05) is 0 Å². The Labute approximate surface area is 105 Å². The zero-order valence-corrected chi connectivity index (χ0v) is 10.5. The van der Waals surface area contributed by atoms with Crippen LogP contribution in [0.25, 0.3) is 0 Å². The van der Waals surface area contributed by atoms with Crippen LogP contribution in [-0.4, -0.2) is 34.3 Å². The number of carbonyl (C=O) groups is 3. The van der Waals surface area contributed by atoms with Crippen LogP contribution in [0.1, 0.15) is 20.8 Å². The highest BCUT2D eigenvalue weighted by atomic mass is 16.5. The van der Waals surface area contributed by atoms with Gasteiger partial charge in [0.25, 0.3) is 0 Å². The molecule has 0 N–H and O–H groups in total. The van der Waals surface area contributed by atoms with Crippen molar-refractivity contribution >= 4 is 17.8 Å². The summed E-state index contributed by atoms with van der Waals surface area (Å²) in [6, 6.07) is 0. The summed E-state index contributed by atoms with van der Waals surface area (Å²) >= 11 is 0. The van der Waals surface area contributed by atoms with E-state index in [4.69, 9.17) is 4.74 Å². The van der Waals surface area contributed by atoms with Gasteiger partial charge in [0.1, 0.15) is 6.10 Å². The average Bonchev–Trinajstić information content (AvgIpc) is 2.53. The smallest absolute Gasteiger partial charge is 0.314 e. The Balaban J connectivity index is 2.06. The number of hydrogen-bond donors (Lipinski definition) is 0. The summed E-state index contributed by atoms with van der Waals surface area (Å²) in [6.07, 6.45) is 2.86. The first-order valence-corrected chi connectivity index (χ1v) is 6.09. The number of fused-ring (bicyclic) bond motifs is 1. The van der Waals surface area contributed by atoms with Crippen LogP contribution in [0.15, 0.2) is 12.2 Å². The van der Waals surface area contributed by atoms with E-state index in [-0.39, 0.29) is 17.8 Å². The van der Waals surface area contributed by atoms with Crippen LogP contribution in [0, 0.1) is 17.8 Å². The van der Waals surface area contributed by atoms with Gasteiger partial charge in [-0.3, -0.25) is 19.3 Å². The van der Waals surface area contributed by atoms with E-state index >= 15 is 0 Å². The van der Waals surface area contributed by atoms with Gasteiger partial charge < -0.3 is 4.74 Å². The third-order valence-electron chi connectivity index (χ3n) is 3.84. The van der Waals surface area contributed by atoms with Gasteiger partial charge in [0.15, 0.2) is 0 Å². The fourth-order valence-electron chi connectivity index (χ4n) is 3.12. The maximum Gasteiger partial charge on any atom is 0.314 e. The molecule has 1 aliphatic carbocycles. The molecule has 0 aromatic carbocycles. The van der Waals surface area contributed by atoms with Crippen LogP contribution >= 0.6 is 0 Å².